The minimum absolute atomic E-state index is 0.104. The number of aliphatic hydroxyl groups excluding tert-OH is 1. The number of ether oxygens (including phenoxy) is 1. The van der Waals surface area contributed by atoms with Crippen molar-refractivity contribution in [3.05, 3.63) is 60.3 Å². The number of piperazine rings is 1. The third-order valence-corrected chi connectivity index (χ3v) is 8.94. The molecule has 0 aliphatic carbocycles. The van der Waals surface area contributed by atoms with Gasteiger partial charge in [-0.25, -0.2) is 0 Å². The van der Waals surface area contributed by atoms with E-state index >= 15 is 0 Å². The molecule has 2 N–H and O–H groups in total. The maximum Gasteiger partial charge on any atom is 0.318 e. The summed E-state index contributed by atoms with van der Waals surface area (Å²) in [6.07, 6.45) is 6.78. The highest BCUT2D eigenvalue weighted by Gasteiger charge is 2.33. The molecule has 0 bridgehead atoms. The Labute approximate surface area is 253 Å². The zero-order valence-corrected chi connectivity index (χ0v) is 24.8. The Bertz CT molecular complexity index is 1460. The Hall–Kier alpha value is -3.89. The van der Waals surface area contributed by atoms with Crippen LogP contribution in [-0.4, -0.2) is 101 Å². The van der Waals surface area contributed by atoms with Crippen LogP contribution in [0.3, 0.4) is 0 Å². The summed E-state index contributed by atoms with van der Waals surface area (Å²) in [6.45, 7) is 10.1. The monoisotopic (exact) mass is 586 g/mol. The standard InChI is InChI=1S/C33H42N6O4/c1-2-31(42)38-16-17-39(25(21-38)23-40)32-28-11-15-37(30-20-26(41)19-24-9-4-5-10-27(24)30)22-29(28)34-33(35-32)43-18-8-14-36-12-6-3-7-13-36/h2,4-5,9-10,19-20,25,40-41H,1,3,6-8,11-18,21-23H2. The van der Waals surface area contributed by atoms with E-state index in [9.17, 15) is 15.0 Å². The van der Waals surface area contributed by atoms with Gasteiger partial charge in [0.25, 0.3) is 0 Å². The number of carbonyl (C=O) groups is 1. The average molecular weight is 587 g/mol. The van der Waals surface area contributed by atoms with Crippen molar-refractivity contribution in [3.63, 3.8) is 0 Å². The molecule has 1 aromatic heterocycles. The predicted molar refractivity (Wildman–Crippen MR) is 168 cm³/mol. The van der Waals surface area contributed by atoms with Crippen LogP contribution in [0, 0.1) is 0 Å². The van der Waals surface area contributed by atoms with Crippen molar-refractivity contribution in [2.75, 3.05) is 68.8 Å². The van der Waals surface area contributed by atoms with Crippen LogP contribution in [0.4, 0.5) is 11.5 Å². The molecule has 228 valence electrons. The van der Waals surface area contributed by atoms with Gasteiger partial charge in [0, 0.05) is 55.4 Å². The smallest absolute Gasteiger partial charge is 0.318 e. The molecule has 2 aromatic carbocycles. The van der Waals surface area contributed by atoms with Crippen molar-refractivity contribution in [2.24, 2.45) is 0 Å². The molecule has 6 rings (SSSR count). The highest BCUT2D eigenvalue weighted by atomic mass is 16.5. The fourth-order valence-corrected chi connectivity index (χ4v) is 6.69. The Morgan fingerprint density at radius 3 is 2.72 bits per heavy atom. The minimum Gasteiger partial charge on any atom is -0.508 e. The number of aromatic hydroxyl groups is 1. The second-order valence-electron chi connectivity index (χ2n) is 11.7. The number of rotatable bonds is 9. The molecule has 1 unspecified atom stereocenters. The van der Waals surface area contributed by atoms with Crippen LogP contribution in [0.5, 0.6) is 11.8 Å². The summed E-state index contributed by atoms with van der Waals surface area (Å²) in [5, 5.41) is 22.9. The maximum atomic E-state index is 12.3. The quantitative estimate of drug-likeness (QED) is 0.289. The first kappa shape index (κ1) is 29.2. The first-order valence-corrected chi connectivity index (χ1v) is 15.5. The number of likely N-dealkylation sites (tertiary alicyclic amines) is 1. The molecule has 3 aliphatic heterocycles. The predicted octanol–water partition coefficient (Wildman–Crippen LogP) is 3.35. The van der Waals surface area contributed by atoms with Crippen molar-refractivity contribution in [3.8, 4) is 11.8 Å². The average Bonchev–Trinajstić information content (AvgIpc) is 3.05. The van der Waals surface area contributed by atoms with E-state index < -0.39 is 0 Å². The summed E-state index contributed by atoms with van der Waals surface area (Å²) in [5.41, 5.74) is 2.90. The van der Waals surface area contributed by atoms with Crippen LogP contribution in [0.2, 0.25) is 0 Å². The molecule has 0 spiro atoms. The van der Waals surface area contributed by atoms with Crippen LogP contribution >= 0.6 is 0 Å². The molecule has 2 saturated heterocycles. The van der Waals surface area contributed by atoms with Crippen LogP contribution < -0.4 is 14.5 Å². The van der Waals surface area contributed by atoms with E-state index in [0.717, 1.165) is 66.1 Å². The van der Waals surface area contributed by atoms with Gasteiger partial charge in [0.05, 0.1) is 31.5 Å². The molecular formula is C33H42N6O4. The first-order chi connectivity index (χ1) is 21.0. The Balaban J connectivity index is 1.28. The normalized spacial score (nSPS) is 19.4. The van der Waals surface area contributed by atoms with Gasteiger partial charge >= 0.3 is 6.01 Å². The Morgan fingerprint density at radius 1 is 1.07 bits per heavy atom. The number of benzene rings is 2. The van der Waals surface area contributed by atoms with Crippen molar-refractivity contribution in [2.45, 2.75) is 44.7 Å². The molecular weight excluding hydrogens is 544 g/mol. The highest BCUT2D eigenvalue weighted by Crippen LogP contribution is 2.37. The lowest BCUT2D eigenvalue weighted by Gasteiger charge is -2.42. The number of piperidine rings is 1. The lowest BCUT2D eigenvalue weighted by atomic mass is 10.0. The number of hydrogen-bond acceptors (Lipinski definition) is 9. The van der Waals surface area contributed by atoms with E-state index in [2.05, 4.69) is 27.3 Å². The number of anilines is 2. The molecule has 3 aliphatic rings. The van der Waals surface area contributed by atoms with Crippen LogP contribution in [0.1, 0.15) is 36.9 Å². The fourth-order valence-electron chi connectivity index (χ4n) is 6.69. The topological polar surface area (TPSA) is 106 Å². The second-order valence-corrected chi connectivity index (χ2v) is 11.7. The molecule has 0 radical (unpaired) electrons. The first-order valence-electron chi connectivity index (χ1n) is 15.5. The minimum atomic E-state index is -0.295. The summed E-state index contributed by atoms with van der Waals surface area (Å²) >= 11 is 0. The van der Waals surface area contributed by atoms with E-state index in [-0.39, 0.29) is 24.3 Å². The number of nitrogens with zero attached hydrogens (tertiary/aromatic N) is 6. The Kier molecular flexibility index (Phi) is 8.95. The number of aliphatic hydroxyl groups is 1. The van der Waals surface area contributed by atoms with Gasteiger partial charge in [-0.1, -0.05) is 37.3 Å². The molecule has 1 atom stereocenters. The molecule has 43 heavy (non-hydrogen) atoms. The van der Waals surface area contributed by atoms with E-state index in [4.69, 9.17) is 14.7 Å². The molecule has 0 saturated carbocycles. The van der Waals surface area contributed by atoms with Crippen molar-refractivity contribution < 1.29 is 19.7 Å². The number of carbonyl (C=O) groups excluding carboxylic acids is 1. The van der Waals surface area contributed by atoms with Crippen molar-refractivity contribution >= 4 is 28.2 Å². The number of fused-ring (bicyclic) bond motifs is 2. The van der Waals surface area contributed by atoms with E-state index in [0.29, 0.717) is 45.2 Å². The number of aromatic nitrogens is 2. The van der Waals surface area contributed by atoms with Crippen LogP contribution in [0.15, 0.2) is 49.1 Å². The Morgan fingerprint density at radius 2 is 1.91 bits per heavy atom. The summed E-state index contributed by atoms with van der Waals surface area (Å²) in [7, 11) is 0. The third-order valence-electron chi connectivity index (χ3n) is 8.94. The number of phenolic OH excluding ortho intramolecular Hbond substituents is 1. The lowest BCUT2D eigenvalue weighted by Crippen LogP contribution is -2.56. The molecule has 3 aromatic rings. The van der Waals surface area contributed by atoms with E-state index in [1.165, 1.54) is 25.3 Å². The number of phenols is 1. The van der Waals surface area contributed by atoms with Gasteiger partial charge in [0.15, 0.2) is 0 Å². The molecule has 10 heteroatoms. The van der Waals surface area contributed by atoms with Gasteiger partial charge in [-0.2, -0.15) is 9.97 Å². The molecule has 1 amide bonds. The fraction of sp³-hybridized carbons (Fsp3) is 0.485. The summed E-state index contributed by atoms with van der Waals surface area (Å²) < 4.78 is 6.20. The van der Waals surface area contributed by atoms with Gasteiger partial charge in [-0.05, 0) is 56.3 Å². The van der Waals surface area contributed by atoms with Crippen molar-refractivity contribution in [1.82, 2.24) is 19.8 Å². The van der Waals surface area contributed by atoms with Gasteiger partial charge in [-0.15, -0.1) is 0 Å². The molecule has 4 heterocycles. The summed E-state index contributed by atoms with van der Waals surface area (Å²) in [6, 6.07) is 11.8. The van der Waals surface area contributed by atoms with Gasteiger partial charge < -0.3 is 34.5 Å². The molecule has 10 nitrogen and oxygen atoms in total. The number of hydrogen-bond donors (Lipinski definition) is 2. The second kappa shape index (κ2) is 13.2. The maximum absolute atomic E-state index is 12.3. The highest BCUT2D eigenvalue weighted by molar-refractivity contribution is 5.95. The third kappa shape index (κ3) is 6.40. The van der Waals surface area contributed by atoms with Gasteiger partial charge in [-0.3, -0.25) is 4.79 Å². The zero-order chi connectivity index (χ0) is 29.8. The molecule has 2 fully saturated rings. The summed E-state index contributed by atoms with van der Waals surface area (Å²) in [4.78, 5) is 30.8. The van der Waals surface area contributed by atoms with Crippen LogP contribution in [0.25, 0.3) is 10.8 Å². The summed E-state index contributed by atoms with van der Waals surface area (Å²) in [5.74, 6) is 0.883. The SMILES string of the molecule is C=CC(=O)N1CCN(c2nc(OCCCN3CCCCC3)nc3c2CCN(c2cc(O)cc4ccccc24)C3)C(CO)C1. The van der Waals surface area contributed by atoms with Crippen LogP contribution in [-0.2, 0) is 17.8 Å². The lowest BCUT2D eigenvalue weighted by molar-refractivity contribution is -0.126. The van der Waals surface area contributed by atoms with Gasteiger partial charge in [0.2, 0.25) is 5.91 Å². The van der Waals surface area contributed by atoms with E-state index in [1.807, 2.05) is 24.3 Å². The van der Waals surface area contributed by atoms with E-state index in [1.54, 1.807) is 11.0 Å². The van der Waals surface area contributed by atoms with Gasteiger partial charge in [0.1, 0.15) is 11.6 Å². The zero-order valence-electron chi connectivity index (χ0n) is 24.8. The largest absolute Gasteiger partial charge is 0.508 e. The number of amides is 1. The van der Waals surface area contributed by atoms with Crippen molar-refractivity contribution in [1.29, 1.82) is 0 Å².